The molecule has 2 aromatic rings. The minimum Gasteiger partial charge on any atom is -0.350 e. The lowest BCUT2D eigenvalue weighted by Crippen LogP contribution is -2.52. The van der Waals surface area contributed by atoms with E-state index in [4.69, 9.17) is 0 Å². The van der Waals surface area contributed by atoms with Crippen molar-refractivity contribution in [3.05, 3.63) is 40.3 Å². The molecule has 3 atom stereocenters. The molecule has 0 aromatic carbocycles. The third kappa shape index (κ3) is 3.87. The fourth-order valence-corrected chi connectivity index (χ4v) is 4.53. The summed E-state index contributed by atoms with van der Waals surface area (Å²) in [5.74, 6) is 0.800. The van der Waals surface area contributed by atoms with Gasteiger partial charge < -0.3 is 10.2 Å². The third-order valence-electron chi connectivity index (χ3n) is 4.93. The highest BCUT2D eigenvalue weighted by molar-refractivity contribution is 7.12. The number of aryl methyl sites for hydroxylation is 1. The molecule has 4 heterocycles. The minimum atomic E-state index is -0.203. The highest BCUT2D eigenvalue weighted by Crippen LogP contribution is 2.28. The molecular weight excluding hydrogens is 348 g/mol. The van der Waals surface area contributed by atoms with Crippen LogP contribution < -0.4 is 21.1 Å². The average molecular weight is 372 g/mol. The van der Waals surface area contributed by atoms with Crippen molar-refractivity contribution in [2.24, 2.45) is 0 Å². The zero-order chi connectivity index (χ0) is 17.9. The molecule has 2 aromatic heterocycles. The number of thiophene rings is 1. The first-order chi connectivity index (χ1) is 12.7. The van der Waals surface area contributed by atoms with E-state index in [-0.39, 0.29) is 24.0 Å². The summed E-state index contributed by atoms with van der Waals surface area (Å²) in [6, 6.07) is 6.20. The molecule has 0 radical (unpaired) electrons. The van der Waals surface area contributed by atoms with Gasteiger partial charge in [-0.25, -0.2) is 20.8 Å². The summed E-state index contributed by atoms with van der Waals surface area (Å²) in [6.45, 7) is 3.79. The topological polar surface area (TPSA) is 82.2 Å². The van der Waals surface area contributed by atoms with Crippen LogP contribution in [0.1, 0.15) is 35.1 Å². The Bertz CT molecular complexity index is 751. The number of nitrogens with zero attached hydrogens (tertiary/aromatic N) is 3. The average Bonchev–Trinajstić information content (AvgIpc) is 3.32. The number of carbonyl (C=O) groups excluding carboxylic acids is 1. The van der Waals surface area contributed by atoms with Gasteiger partial charge in [0.2, 0.25) is 11.9 Å². The number of hydrogen-bond donors (Lipinski definition) is 3. The van der Waals surface area contributed by atoms with Crippen LogP contribution in [-0.2, 0) is 4.79 Å². The second-order valence-corrected chi connectivity index (χ2v) is 8.24. The van der Waals surface area contributed by atoms with E-state index in [2.05, 4.69) is 50.1 Å². The molecule has 2 aliphatic rings. The van der Waals surface area contributed by atoms with Crippen LogP contribution in [-0.4, -0.2) is 41.0 Å². The first-order valence-corrected chi connectivity index (χ1v) is 9.90. The van der Waals surface area contributed by atoms with Crippen molar-refractivity contribution in [1.29, 1.82) is 0 Å². The van der Waals surface area contributed by atoms with Crippen LogP contribution in [0.15, 0.2) is 30.6 Å². The van der Waals surface area contributed by atoms with Crippen LogP contribution in [0.25, 0.3) is 0 Å². The molecule has 4 rings (SSSR count). The van der Waals surface area contributed by atoms with Gasteiger partial charge in [0.25, 0.3) is 0 Å². The van der Waals surface area contributed by atoms with E-state index < -0.39 is 0 Å². The lowest BCUT2D eigenvalue weighted by atomic mass is 10.0. The van der Waals surface area contributed by atoms with Crippen molar-refractivity contribution < 1.29 is 4.79 Å². The van der Waals surface area contributed by atoms with Gasteiger partial charge in [-0.2, -0.15) is 0 Å². The Labute approximate surface area is 157 Å². The Morgan fingerprint density at radius 1 is 1.31 bits per heavy atom. The Balaban J connectivity index is 1.32. The first-order valence-electron chi connectivity index (χ1n) is 9.09. The number of amides is 1. The molecule has 26 heavy (non-hydrogen) atoms. The van der Waals surface area contributed by atoms with Crippen molar-refractivity contribution in [3.63, 3.8) is 0 Å². The number of aromatic nitrogens is 2. The molecule has 7 nitrogen and oxygen atoms in total. The van der Waals surface area contributed by atoms with Crippen LogP contribution in [0.4, 0.5) is 5.95 Å². The van der Waals surface area contributed by atoms with E-state index in [9.17, 15) is 4.79 Å². The molecule has 8 heteroatoms. The smallest absolute Gasteiger partial charge is 0.238 e. The largest absolute Gasteiger partial charge is 0.350 e. The number of nitrogens with one attached hydrogen (secondary N) is 3. The van der Waals surface area contributed by atoms with Gasteiger partial charge in [0.15, 0.2) is 0 Å². The van der Waals surface area contributed by atoms with Crippen LogP contribution in [0.3, 0.4) is 0 Å². The summed E-state index contributed by atoms with van der Waals surface area (Å²) in [4.78, 5) is 26.0. The maximum absolute atomic E-state index is 12.7. The van der Waals surface area contributed by atoms with Gasteiger partial charge in [-0.3, -0.25) is 4.79 Å². The van der Waals surface area contributed by atoms with E-state index in [1.54, 1.807) is 23.7 Å². The molecule has 3 N–H and O–H groups in total. The lowest BCUT2D eigenvalue weighted by molar-refractivity contribution is -0.123. The summed E-state index contributed by atoms with van der Waals surface area (Å²) in [5.41, 5.74) is 6.41. The predicted molar refractivity (Wildman–Crippen MR) is 102 cm³/mol. The van der Waals surface area contributed by atoms with Crippen LogP contribution in [0, 0.1) is 6.92 Å². The Morgan fingerprint density at radius 2 is 2.15 bits per heavy atom. The Morgan fingerprint density at radius 3 is 2.92 bits per heavy atom. The van der Waals surface area contributed by atoms with Crippen molar-refractivity contribution >= 4 is 23.2 Å². The molecule has 1 amide bonds. The molecule has 0 saturated carbocycles. The van der Waals surface area contributed by atoms with Gasteiger partial charge >= 0.3 is 0 Å². The minimum absolute atomic E-state index is 0.0640. The van der Waals surface area contributed by atoms with Gasteiger partial charge in [-0.05, 0) is 44.4 Å². The number of rotatable bonds is 4. The molecule has 2 aliphatic heterocycles. The molecule has 0 aliphatic carbocycles. The quantitative estimate of drug-likeness (QED) is 0.755. The van der Waals surface area contributed by atoms with Crippen LogP contribution >= 0.6 is 11.3 Å². The SMILES string of the molecule is Cc1ccc(C2CC(C(=O)NC3CCCN(c4ncccn4)C3)NN2)s1. The summed E-state index contributed by atoms with van der Waals surface area (Å²) in [6.07, 6.45) is 6.29. The Hall–Kier alpha value is -2.03. The third-order valence-corrected chi connectivity index (χ3v) is 6.04. The molecule has 0 bridgehead atoms. The molecule has 2 saturated heterocycles. The lowest BCUT2D eigenvalue weighted by Gasteiger charge is -2.33. The van der Waals surface area contributed by atoms with Crippen molar-refractivity contribution in [1.82, 2.24) is 26.1 Å². The van der Waals surface area contributed by atoms with Crippen LogP contribution in [0.2, 0.25) is 0 Å². The first kappa shape index (κ1) is 17.4. The van der Waals surface area contributed by atoms with Gasteiger partial charge in [0.05, 0.1) is 6.04 Å². The van der Waals surface area contributed by atoms with E-state index in [0.29, 0.717) is 0 Å². The van der Waals surface area contributed by atoms with Gasteiger partial charge in [0.1, 0.15) is 6.04 Å². The van der Waals surface area contributed by atoms with Gasteiger partial charge in [-0.15, -0.1) is 11.3 Å². The summed E-state index contributed by atoms with van der Waals surface area (Å²) in [5, 5.41) is 3.20. The van der Waals surface area contributed by atoms with Crippen LogP contribution in [0.5, 0.6) is 0 Å². The predicted octanol–water partition coefficient (Wildman–Crippen LogP) is 1.54. The summed E-state index contributed by atoms with van der Waals surface area (Å²) in [7, 11) is 0. The zero-order valence-corrected chi connectivity index (χ0v) is 15.6. The molecule has 2 fully saturated rings. The number of piperidine rings is 1. The molecule has 138 valence electrons. The van der Waals surface area contributed by atoms with Crippen molar-refractivity contribution in [3.8, 4) is 0 Å². The van der Waals surface area contributed by atoms with Gasteiger partial charge in [0, 0.05) is 41.3 Å². The Kier molecular flexibility index (Phi) is 5.14. The molecule has 0 spiro atoms. The van der Waals surface area contributed by atoms with Crippen molar-refractivity contribution in [2.45, 2.75) is 44.3 Å². The highest BCUT2D eigenvalue weighted by atomic mass is 32.1. The maximum Gasteiger partial charge on any atom is 0.238 e. The fourth-order valence-electron chi connectivity index (χ4n) is 3.59. The fraction of sp³-hybridized carbons (Fsp3) is 0.500. The van der Waals surface area contributed by atoms with Gasteiger partial charge in [-0.1, -0.05) is 0 Å². The number of hydrazine groups is 1. The van der Waals surface area contributed by atoms with E-state index >= 15 is 0 Å². The zero-order valence-electron chi connectivity index (χ0n) is 14.8. The monoisotopic (exact) mass is 372 g/mol. The van der Waals surface area contributed by atoms with E-state index in [1.165, 1.54) is 9.75 Å². The second kappa shape index (κ2) is 7.69. The normalized spacial score (nSPS) is 26.0. The van der Waals surface area contributed by atoms with E-state index in [0.717, 1.165) is 38.3 Å². The standard InChI is InChI=1S/C18H24N6OS/c1-12-5-6-16(26-12)14-10-15(23-22-14)17(25)21-13-4-2-9-24(11-13)18-19-7-3-8-20-18/h3,5-8,13-15,22-23H,2,4,9-11H2,1H3,(H,21,25). The number of carbonyl (C=O) groups is 1. The highest BCUT2D eigenvalue weighted by Gasteiger charge is 2.32. The summed E-state index contributed by atoms with van der Waals surface area (Å²) >= 11 is 1.78. The molecule has 3 unspecified atom stereocenters. The maximum atomic E-state index is 12.7. The number of hydrogen-bond acceptors (Lipinski definition) is 7. The second-order valence-electron chi connectivity index (χ2n) is 6.92. The van der Waals surface area contributed by atoms with E-state index in [1.807, 2.05) is 6.07 Å². The molecular formula is C18H24N6OS. The summed E-state index contributed by atoms with van der Waals surface area (Å²) < 4.78 is 0. The van der Waals surface area contributed by atoms with Crippen molar-refractivity contribution in [2.75, 3.05) is 18.0 Å². The number of anilines is 1.